The molecule has 0 saturated carbocycles. The van der Waals surface area contributed by atoms with Crippen molar-refractivity contribution in [3.8, 4) is 11.9 Å². The number of rotatable bonds is 3. The summed E-state index contributed by atoms with van der Waals surface area (Å²) in [6, 6.07) is 0.369. The Morgan fingerprint density at radius 3 is 3.12 bits per heavy atom. The second-order valence-electron chi connectivity index (χ2n) is 3.60. The lowest BCUT2D eigenvalue weighted by Gasteiger charge is -2.22. The highest BCUT2D eigenvalue weighted by Crippen LogP contribution is 2.23. The molecule has 1 fully saturated rings. The van der Waals surface area contributed by atoms with Gasteiger partial charge in [0.05, 0.1) is 17.8 Å². The molecule has 1 atom stereocenters. The van der Waals surface area contributed by atoms with Crippen molar-refractivity contribution in [2.24, 2.45) is 0 Å². The van der Waals surface area contributed by atoms with Crippen LogP contribution in [0.4, 0.5) is 0 Å². The van der Waals surface area contributed by atoms with E-state index in [-0.39, 0.29) is 6.10 Å². The van der Waals surface area contributed by atoms with Crippen LogP contribution in [0, 0.1) is 0 Å². The van der Waals surface area contributed by atoms with Gasteiger partial charge in [-0.25, -0.2) is 4.98 Å². The van der Waals surface area contributed by atoms with Crippen molar-refractivity contribution in [3.05, 3.63) is 10.7 Å². The number of aromatic nitrogens is 2. The maximum absolute atomic E-state index is 5.67. The first-order chi connectivity index (χ1) is 7.79. The number of piperidine rings is 1. The van der Waals surface area contributed by atoms with E-state index in [2.05, 4.69) is 31.2 Å². The van der Waals surface area contributed by atoms with Gasteiger partial charge in [0, 0.05) is 6.54 Å². The molecule has 1 aliphatic rings. The third kappa shape index (κ3) is 2.82. The number of nitrogens with zero attached hydrogens (tertiary/aromatic N) is 2. The minimum absolute atomic E-state index is 0.152. The first-order valence-corrected chi connectivity index (χ1v) is 6.03. The third-order valence-corrected chi connectivity index (χ3v) is 2.95. The Morgan fingerprint density at radius 2 is 2.44 bits per heavy atom. The summed E-state index contributed by atoms with van der Waals surface area (Å²) in [6.07, 6.45) is 3.95. The summed E-state index contributed by atoms with van der Waals surface area (Å²) >= 11 is 3.30. The van der Waals surface area contributed by atoms with E-state index >= 15 is 0 Å². The Hall–Kier alpha value is -0.880. The summed E-state index contributed by atoms with van der Waals surface area (Å²) < 4.78 is 11.5. The molecule has 1 aromatic heterocycles. The van der Waals surface area contributed by atoms with Crippen LogP contribution < -0.4 is 14.8 Å². The van der Waals surface area contributed by atoms with Gasteiger partial charge in [-0.05, 0) is 35.3 Å². The van der Waals surface area contributed by atoms with Crippen molar-refractivity contribution >= 4 is 15.9 Å². The lowest BCUT2D eigenvalue weighted by molar-refractivity contribution is 0.151. The van der Waals surface area contributed by atoms with E-state index in [0.29, 0.717) is 11.9 Å². The van der Waals surface area contributed by atoms with Gasteiger partial charge >= 0.3 is 6.01 Å². The van der Waals surface area contributed by atoms with Crippen LogP contribution in [0.2, 0.25) is 0 Å². The van der Waals surface area contributed by atoms with Gasteiger partial charge in [0.1, 0.15) is 6.10 Å². The van der Waals surface area contributed by atoms with E-state index in [1.165, 1.54) is 0 Å². The predicted molar refractivity (Wildman–Crippen MR) is 62.8 cm³/mol. The van der Waals surface area contributed by atoms with Crippen LogP contribution in [0.5, 0.6) is 11.9 Å². The molecular weight excluding hydrogens is 274 g/mol. The van der Waals surface area contributed by atoms with E-state index in [0.717, 1.165) is 30.4 Å². The van der Waals surface area contributed by atoms with Gasteiger partial charge in [-0.1, -0.05) is 0 Å². The van der Waals surface area contributed by atoms with E-state index in [1.807, 2.05) is 0 Å². The molecule has 6 heteroatoms. The molecule has 0 unspecified atom stereocenters. The zero-order chi connectivity index (χ0) is 11.4. The molecule has 2 rings (SSSR count). The number of ether oxygens (including phenoxy) is 2. The molecule has 1 N–H and O–H groups in total. The lowest BCUT2D eigenvalue weighted by Crippen LogP contribution is -2.37. The highest BCUT2D eigenvalue weighted by atomic mass is 79.9. The van der Waals surface area contributed by atoms with Crippen molar-refractivity contribution in [1.29, 1.82) is 0 Å². The Balaban J connectivity index is 2.03. The van der Waals surface area contributed by atoms with Crippen molar-refractivity contribution in [1.82, 2.24) is 15.3 Å². The molecule has 0 bridgehead atoms. The summed E-state index contributed by atoms with van der Waals surface area (Å²) in [5.41, 5.74) is 0. The van der Waals surface area contributed by atoms with Gasteiger partial charge < -0.3 is 14.8 Å². The molecule has 1 aromatic rings. The Bertz CT molecular complexity index is 356. The summed E-state index contributed by atoms with van der Waals surface area (Å²) in [5, 5.41) is 3.27. The zero-order valence-electron chi connectivity index (χ0n) is 9.07. The van der Waals surface area contributed by atoms with Crippen LogP contribution >= 0.6 is 15.9 Å². The van der Waals surface area contributed by atoms with Crippen LogP contribution in [0.3, 0.4) is 0 Å². The average Bonchev–Trinajstić information content (AvgIpc) is 2.33. The molecule has 0 aromatic carbocycles. The number of methoxy groups -OCH3 is 1. The van der Waals surface area contributed by atoms with Crippen LogP contribution in [-0.4, -0.2) is 36.3 Å². The van der Waals surface area contributed by atoms with E-state index < -0.39 is 0 Å². The molecule has 0 spiro atoms. The van der Waals surface area contributed by atoms with Crippen LogP contribution in [0.1, 0.15) is 12.8 Å². The molecule has 1 saturated heterocycles. The summed E-state index contributed by atoms with van der Waals surface area (Å²) in [6.45, 7) is 1.91. The quantitative estimate of drug-likeness (QED) is 0.910. The predicted octanol–water partition coefficient (Wildman–Crippen LogP) is 1.38. The molecule has 88 valence electrons. The monoisotopic (exact) mass is 287 g/mol. The first kappa shape index (κ1) is 11.6. The standard InChI is InChI=1S/C10H14BrN3O2/c1-15-9-8(11)6-13-10(14-9)16-7-3-2-4-12-5-7/h6-7,12H,2-5H2,1H3/t7-/m0/s1. The Labute approximate surface area is 103 Å². The minimum atomic E-state index is 0.152. The van der Waals surface area contributed by atoms with Gasteiger partial charge in [-0.3, -0.25) is 0 Å². The Morgan fingerprint density at radius 1 is 1.56 bits per heavy atom. The molecule has 16 heavy (non-hydrogen) atoms. The van der Waals surface area contributed by atoms with Crippen LogP contribution in [0.15, 0.2) is 10.7 Å². The molecule has 0 amide bonds. The third-order valence-electron chi connectivity index (χ3n) is 2.41. The SMILES string of the molecule is COc1nc(O[C@H]2CCCNC2)ncc1Br. The summed E-state index contributed by atoms with van der Waals surface area (Å²) in [7, 11) is 1.57. The summed E-state index contributed by atoms with van der Waals surface area (Å²) in [5.74, 6) is 0.494. The molecule has 1 aliphatic heterocycles. The van der Waals surface area contributed by atoms with Gasteiger partial charge in [0.25, 0.3) is 0 Å². The van der Waals surface area contributed by atoms with Crippen molar-refractivity contribution < 1.29 is 9.47 Å². The largest absolute Gasteiger partial charge is 0.480 e. The highest BCUT2D eigenvalue weighted by Gasteiger charge is 2.16. The fourth-order valence-electron chi connectivity index (χ4n) is 1.61. The average molecular weight is 288 g/mol. The second-order valence-corrected chi connectivity index (χ2v) is 4.45. The maximum Gasteiger partial charge on any atom is 0.320 e. The molecule has 2 heterocycles. The second kappa shape index (κ2) is 5.45. The molecule has 0 aliphatic carbocycles. The number of hydrogen-bond donors (Lipinski definition) is 1. The van der Waals surface area contributed by atoms with E-state index in [4.69, 9.17) is 9.47 Å². The maximum atomic E-state index is 5.67. The fourth-order valence-corrected chi connectivity index (χ4v) is 1.96. The zero-order valence-corrected chi connectivity index (χ0v) is 10.7. The normalized spacial score (nSPS) is 20.5. The smallest absolute Gasteiger partial charge is 0.320 e. The first-order valence-electron chi connectivity index (χ1n) is 5.23. The molecular formula is C10H14BrN3O2. The van der Waals surface area contributed by atoms with Crippen LogP contribution in [-0.2, 0) is 0 Å². The van der Waals surface area contributed by atoms with Crippen molar-refractivity contribution in [2.45, 2.75) is 18.9 Å². The number of nitrogens with one attached hydrogen (secondary N) is 1. The van der Waals surface area contributed by atoms with E-state index in [9.17, 15) is 0 Å². The minimum Gasteiger partial charge on any atom is -0.480 e. The lowest BCUT2D eigenvalue weighted by atomic mass is 10.1. The van der Waals surface area contributed by atoms with Crippen molar-refractivity contribution in [2.75, 3.05) is 20.2 Å². The van der Waals surface area contributed by atoms with Gasteiger partial charge in [-0.2, -0.15) is 4.98 Å². The van der Waals surface area contributed by atoms with E-state index in [1.54, 1.807) is 13.3 Å². The Kier molecular flexibility index (Phi) is 3.95. The number of halogens is 1. The van der Waals surface area contributed by atoms with Gasteiger partial charge in [0.15, 0.2) is 0 Å². The molecule has 5 nitrogen and oxygen atoms in total. The topological polar surface area (TPSA) is 56.3 Å². The van der Waals surface area contributed by atoms with Crippen molar-refractivity contribution in [3.63, 3.8) is 0 Å². The van der Waals surface area contributed by atoms with Gasteiger partial charge in [-0.15, -0.1) is 0 Å². The fraction of sp³-hybridized carbons (Fsp3) is 0.600. The van der Waals surface area contributed by atoms with Gasteiger partial charge in [0.2, 0.25) is 5.88 Å². The molecule has 0 radical (unpaired) electrons. The summed E-state index contributed by atoms with van der Waals surface area (Å²) in [4.78, 5) is 8.25. The van der Waals surface area contributed by atoms with Crippen LogP contribution in [0.25, 0.3) is 0 Å². The number of hydrogen-bond acceptors (Lipinski definition) is 5. The highest BCUT2D eigenvalue weighted by molar-refractivity contribution is 9.10.